The summed E-state index contributed by atoms with van der Waals surface area (Å²) in [7, 11) is 0. The summed E-state index contributed by atoms with van der Waals surface area (Å²) < 4.78 is 24.6. The van der Waals surface area contributed by atoms with Gasteiger partial charge in [-0.1, -0.05) is 12.1 Å². The third-order valence-corrected chi connectivity index (χ3v) is 4.29. The van der Waals surface area contributed by atoms with E-state index in [0.717, 1.165) is 11.3 Å². The second kappa shape index (κ2) is 8.67. The number of rotatable bonds is 6. The lowest BCUT2D eigenvalue weighted by molar-refractivity contribution is -0.136. The molecular formula is C20H23FN2O3. The summed E-state index contributed by atoms with van der Waals surface area (Å²) in [6.07, 6.45) is 0. The van der Waals surface area contributed by atoms with E-state index in [2.05, 4.69) is 5.32 Å². The van der Waals surface area contributed by atoms with Crippen LogP contribution in [-0.2, 0) is 4.79 Å². The largest absolute Gasteiger partial charge is 0.494 e. The van der Waals surface area contributed by atoms with Crippen LogP contribution < -0.4 is 14.8 Å². The van der Waals surface area contributed by atoms with Crippen LogP contribution in [0.5, 0.6) is 11.5 Å². The Morgan fingerprint density at radius 2 is 1.92 bits per heavy atom. The van der Waals surface area contributed by atoms with Gasteiger partial charge < -0.3 is 19.7 Å². The number of ether oxygens (including phenoxy) is 2. The smallest absolute Gasteiger partial charge is 0.261 e. The fourth-order valence-electron chi connectivity index (χ4n) is 3.04. The first-order valence-electron chi connectivity index (χ1n) is 8.78. The molecule has 1 aliphatic heterocycles. The lowest BCUT2D eigenvalue weighted by Crippen LogP contribution is -2.50. The van der Waals surface area contributed by atoms with Crippen molar-refractivity contribution in [3.63, 3.8) is 0 Å². The molecule has 1 unspecified atom stereocenters. The van der Waals surface area contributed by atoms with Gasteiger partial charge in [-0.2, -0.15) is 0 Å². The van der Waals surface area contributed by atoms with E-state index >= 15 is 0 Å². The van der Waals surface area contributed by atoms with Gasteiger partial charge in [0, 0.05) is 19.6 Å². The Kier molecular flexibility index (Phi) is 6.07. The molecule has 26 heavy (non-hydrogen) atoms. The maximum Gasteiger partial charge on any atom is 0.261 e. The maximum atomic E-state index is 13.5. The number of nitrogens with one attached hydrogen (secondary N) is 1. The van der Waals surface area contributed by atoms with Crippen molar-refractivity contribution in [2.24, 2.45) is 0 Å². The molecule has 3 rings (SSSR count). The number of hydrogen-bond acceptors (Lipinski definition) is 4. The van der Waals surface area contributed by atoms with E-state index in [9.17, 15) is 9.18 Å². The number of benzene rings is 2. The van der Waals surface area contributed by atoms with E-state index in [4.69, 9.17) is 9.47 Å². The minimum atomic E-state index is -0.300. The standard InChI is InChI=1S/C20H23FN2O3/c1-2-25-17-6-8-18(9-7-17)26-14-20(24)23-11-10-22-13-19(23)15-4-3-5-16(21)12-15/h3-9,12,19,22H,2,10-11,13-14H2,1H3. The second-order valence-corrected chi connectivity index (χ2v) is 6.06. The lowest BCUT2D eigenvalue weighted by atomic mass is 10.0. The predicted molar refractivity (Wildman–Crippen MR) is 96.8 cm³/mol. The molecule has 138 valence electrons. The molecule has 1 saturated heterocycles. The molecule has 6 heteroatoms. The molecule has 0 saturated carbocycles. The van der Waals surface area contributed by atoms with Crippen molar-refractivity contribution in [3.05, 3.63) is 59.9 Å². The van der Waals surface area contributed by atoms with Crippen LogP contribution in [0.25, 0.3) is 0 Å². The monoisotopic (exact) mass is 358 g/mol. The molecule has 5 nitrogen and oxygen atoms in total. The third kappa shape index (κ3) is 4.52. The fraction of sp³-hybridized carbons (Fsp3) is 0.350. The average Bonchev–Trinajstić information content (AvgIpc) is 2.67. The van der Waals surface area contributed by atoms with E-state index in [1.807, 2.05) is 25.1 Å². The zero-order valence-corrected chi connectivity index (χ0v) is 14.8. The molecule has 0 spiro atoms. The summed E-state index contributed by atoms with van der Waals surface area (Å²) in [5, 5.41) is 3.26. The quantitative estimate of drug-likeness (QED) is 0.863. The number of amides is 1. The maximum absolute atomic E-state index is 13.5. The Labute approximate surface area is 152 Å². The van der Waals surface area contributed by atoms with Crippen molar-refractivity contribution >= 4 is 5.91 Å². The van der Waals surface area contributed by atoms with Crippen molar-refractivity contribution in [1.82, 2.24) is 10.2 Å². The third-order valence-electron chi connectivity index (χ3n) is 4.29. The van der Waals surface area contributed by atoms with Crippen LogP contribution in [0.3, 0.4) is 0 Å². The molecule has 2 aromatic carbocycles. The molecule has 0 bridgehead atoms. The predicted octanol–water partition coefficient (Wildman–Crippen LogP) is 2.78. The van der Waals surface area contributed by atoms with Crippen molar-refractivity contribution in [2.75, 3.05) is 32.8 Å². The molecule has 1 aliphatic rings. The highest BCUT2D eigenvalue weighted by atomic mass is 19.1. The van der Waals surface area contributed by atoms with Crippen LogP contribution in [0, 0.1) is 5.82 Å². The SMILES string of the molecule is CCOc1ccc(OCC(=O)N2CCNCC2c2cccc(F)c2)cc1. The number of nitrogens with zero attached hydrogens (tertiary/aromatic N) is 1. The van der Waals surface area contributed by atoms with Crippen LogP contribution in [0.2, 0.25) is 0 Å². The van der Waals surface area contributed by atoms with Crippen LogP contribution in [0.4, 0.5) is 4.39 Å². The Morgan fingerprint density at radius 3 is 2.62 bits per heavy atom. The van der Waals surface area contributed by atoms with Crippen molar-refractivity contribution in [2.45, 2.75) is 13.0 Å². The summed E-state index contributed by atoms with van der Waals surface area (Å²) >= 11 is 0. The van der Waals surface area contributed by atoms with Gasteiger partial charge in [-0.05, 0) is 48.9 Å². The number of hydrogen-bond donors (Lipinski definition) is 1. The van der Waals surface area contributed by atoms with Gasteiger partial charge in [0.15, 0.2) is 6.61 Å². The number of carbonyl (C=O) groups is 1. The Balaban J connectivity index is 1.63. The Bertz CT molecular complexity index is 736. The molecule has 0 radical (unpaired) electrons. The molecule has 1 fully saturated rings. The van der Waals surface area contributed by atoms with E-state index in [0.29, 0.717) is 32.0 Å². The van der Waals surface area contributed by atoms with Gasteiger partial charge in [0.25, 0.3) is 5.91 Å². The minimum Gasteiger partial charge on any atom is -0.494 e. The van der Waals surface area contributed by atoms with Gasteiger partial charge in [-0.3, -0.25) is 4.79 Å². The summed E-state index contributed by atoms with van der Waals surface area (Å²) in [5.41, 5.74) is 0.784. The molecule has 0 aliphatic carbocycles. The van der Waals surface area contributed by atoms with Crippen molar-refractivity contribution in [1.29, 1.82) is 0 Å². The van der Waals surface area contributed by atoms with Gasteiger partial charge in [0.05, 0.1) is 12.6 Å². The summed E-state index contributed by atoms with van der Waals surface area (Å²) in [4.78, 5) is 14.4. The average molecular weight is 358 g/mol. The van der Waals surface area contributed by atoms with E-state index in [-0.39, 0.29) is 24.4 Å². The first-order chi connectivity index (χ1) is 12.7. The second-order valence-electron chi connectivity index (χ2n) is 6.06. The van der Waals surface area contributed by atoms with Gasteiger partial charge in [0.2, 0.25) is 0 Å². The summed E-state index contributed by atoms with van der Waals surface area (Å²) in [6, 6.07) is 13.4. The molecule has 1 heterocycles. The highest BCUT2D eigenvalue weighted by molar-refractivity contribution is 5.78. The molecule has 1 atom stereocenters. The van der Waals surface area contributed by atoms with Crippen LogP contribution in [-0.4, -0.2) is 43.7 Å². The van der Waals surface area contributed by atoms with Crippen LogP contribution in [0.15, 0.2) is 48.5 Å². The molecular weight excluding hydrogens is 335 g/mol. The fourth-order valence-corrected chi connectivity index (χ4v) is 3.04. The zero-order valence-electron chi connectivity index (χ0n) is 14.8. The van der Waals surface area contributed by atoms with E-state index in [1.165, 1.54) is 12.1 Å². The van der Waals surface area contributed by atoms with Gasteiger partial charge in [-0.25, -0.2) is 4.39 Å². The summed E-state index contributed by atoms with van der Waals surface area (Å²) in [6.45, 7) is 4.33. The molecule has 2 aromatic rings. The Morgan fingerprint density at radius 1 is 1.19 bits per heavy atom. The van der Waals surface area contributed by atoms with Crippen molar-refractivity contribution in [3.8, 4) is 11.5 Å². The first kappa shape index (κ1) is 18.2. The molecule has 1 amide bonds. The number of piperazine rings is 1. The number of halogens is 1. The van der Waals surface area contributed by atoms with Gasteiger partial charge >= 0.3 is 0 Å². The number of carbonyl (C=O) groups excluding carboxylic acids is 1. The highest BCUT2D eigenvalue weighted by Gasteiger charge is 2.28. The lowest BCUT2D eigenvalue weighted by Gasteiger charge is -2.36. The van der Waals surface area contributed by atoms with Crippen molar-refractivity contribution < 1.29 is 18.7 Å². The minimum absolute atomic E-state index is 0.0558. The van der Waals surface area contributed by atoms with E-state index in [1.54, 1.807) is 23.1 Å². The van der Waals surface area contributed by atoms with Crippen LogP contribution >= 0.6 is 0 Å². The van der Waals surface area contributed by atoms with E-state index < -0.39 is 0 Å². The normalized spacial score (nSPS) is 17.0. The Hall–Kier alpha value is -2.60. The topological polar surface area (TPSA) is 50.8 Å². The summed E-state index contributed by atoms with van der Waals surface area (Å²) in [5.74, 6) is 0.958. The molecule has 0 aromatic heterocycles. The molecule has 1 N–H and O–H groups in total. The highest BCUT2D eigenvalue weighted by Crippen LogP contribution is 2.23. The van der Waals surface area contributed by atoms with Gasteiger partial charge in [0.1, 0.15) is 17.3 Å². The first-order valence-corrected chi connectivity index (χ1v) is 8.78. The van der Waals surface area contributed by atoms with Gasteiger partial charge in [-0.15, -0.1) is 0 Å². The zero-order chi connectivity index (χ0) is 18.4. The van der Waals surface area contributed by atoms with Crippen LogP contribution in [0.1, 0.15) is 18.5 Å².